The molecule has 1 N–H and O–H groups in total. The Morgan fingerprint density at radius 3 is 1.46 bits per heavy atom. The second kappa shape index (κ2) is 14.4. The van der Waals surface area contributed by atoms with Gasteiger partial charge in [-0.1, -0.05) is 92.3 Å². The number of carbonyl (C=O) groups is 3. The van der Waals surface area contributed by atoms with Crippen molar-refractivity contribution in [1.82, 2.24) is 0 Å². The van der Waals surface area contributed by atoms with Gasteiger partial charge in [0.2, 0.25) is 0 Å². The number of nitrogens with one attached hydrogen (secondary N) is 1. The Balaban J connectivity index is 0.994. The molecule has 0 unspecified atom stereocenters. The maximum Gasteiger partial charge on any atom is 0.338 e. The molecule has 6 heteroatoms. The Kier molecular flexibility index (Phi) is 10.3. The van der Waals surface area contributed by atoms with E-state index in [2.05, 4.69) is 98.5 Å². The predicted octanol–water partition coefficient (Wildman–Crippen LogP) is 11.0. The summed E-state index contributed by atoms with van der Waals surface area (Å²) in [6.07, 6.45) is 4.51. The molecule has 0 atom stereocenters. The summed E-state index contributed by atoms with van der Waals surface area (Å²) in [4.78, 5) is 38.6. The number of fused-ring (bicyclic) bond motifs is 2. The summed E-state index contributed by atoms with van der Waals surface area (Å²) in [5.41, 5.74) is 11.8. The summed E-state index contributed by atoms with van der Waals surface area (Å²) in [5, 5.41) is 3.01. The Morgan fingerprint density at radius 1 is 0.556 bits per heavy atom. The fourth-order valence-corrected chi connectivity index (χ4v) is 8.07. The molecule has 54 heavy (non-hydrogen) atoms. The van der Waals surface area contributed by atoms with E-state index in [1.165, 1.54) is 27.8 Å². The first kappa shape index (κ1) is 38.7. The second-order valence-corrected chi connectivity index (χ2v) is 17.9. The van der Waals surface area contributed by atoms with Crippen molar-refractivity contribution in [2.45, 2.75) is 110 Å². The first-order valence-corrected chi connectivity index (χ1v) is 19.2. The van der Waals surface area contributed by atoms with Crippen LogP contribution in [0.2, 0.25) is 0 Å². The van der Waals surface area contributed by atoms with Gasteiger partial charge in [-0.25, -0.2) is 9.59 Å². The summed E-state index contributed by atoms with van der Waals surface area (Å²) in [7, 11) is 0. The third-order valence-corrected chi connectivity index (χ3v) is 12.0. The van der Waals surface area contributed by atoms with E-state index in [0.717, 1.165) is 48.1 Å². The lowest BCUT2D eigenvalue weighted by Gasteiger charge is -2.42. The second-order valence-electron chi connectivity index (χ2n) is 17.9. The number of anilines is 1. The molecule has 4 aromatic rings. The van der Waals surface area contributed by atoms with E-state index in [9.17, 15) is 14.4 Å². The van der Waals surface area contributed by atoms with Gasteiger partial charge in [-0.05, 0) is 147 Å². The van der Waals surface area contributed by atoms with Gasteiger partial charge < -0.3 is 14.8 Å². The molecule has 282 valence electrons. The first-order valence-electron chi connectivity index (χ1n) is 19.2. The molecule has 4 aromatic carbocycles. The topological polar surface area (TPSA) is 81.7 Å². The third kappa shape index (κ3) is 7.80. The van der Waals surface area contributed by atoms with Gasteiger partial charge in [-0.15, -0.1) is 0 Å². The molecule has 1 amide bonds. The monoisotopic (exact) mass is 725 g/mol. The highest BCUT2D eigenvalue weighted by atomic mass is 16.6. The van der Waals surface area contributed by atoms with Crippen molar-refractivity contribution in [3.63, 3.8) is 0 Å². The van der Waals surface area contributed by atoms with E-state index in [-0.39, 0.29) is 40.8 Å². The lowest BCUT2D eigenvalue weighted by Crippen LogP contribution is -2.34. The molecule has 6 nitrogen and oxygen atoms in total. The quantitative estimate of drug-likeness (QED) is 0.137. The maximum atomic E-state index is 13.1. The highest BCUT2D eigenvalue weighted by molar-refractivity contribution is 6.05. The van der Waals surface area contributed by atoms with Crippen LogP contribution in [-0.2, 0) is 31.1 Å². The van der Waals surface area contributed by atoms with Crippen LogP contribution in [0, 0.1) is 6.92 Å². The van der Waals surface area contributed by atoms with Crippen LogP contribution in [0.4, 0.5) is 5.69 Å². The standard InChI is InChI=1S/C48H55NO5/c1-30-27-39-41(48(9,10)24-23-46(39,5)6)29-37(30)31(2)32-11-15-34(16-12-32)43(51)53-25-26-54-44(52)35-17-13-33(14-18-35)42(50)49-36-19-20-38-40(28-36)47(7,8)22-21-45(38,3)4/h11-20,27-29H,2,21-26H2,1,3-10H3,(H,49,50). The Morgan fingerprint density at radius 2 is 0.963 bits per heavy atom. The SMILES string of the molecule is C=C(c1ccc(C(=O)OCCOC(=O)c2ccc(C(=O)Nc3ccc4c(c3)C(C)(C)CCC4(C)C)cc2)cc1)c1cc2c(cc1C)C(C)(C)CCC2(C)C. The number of ether oxygens (including phenoxy) is 2. The molecular formula is C48H55NO5. The van der Waals surface area contributed by atoms with Crippen LogP contribution in [0.15, 0.2) is 85.4 Å². The van der Waals surface area contributed by atoms with Crippen LogP contribution >= 0.6 is 0 Å². The Labute approximate surface area is 321 Å². The van der Waals surface area contributed by atoms with Crippen LogP contribution < -0.4 is 5.32 Å². The molecule has 0 saturated heterocycles. The van der Waals surface area contributed by atoms with Gasteiger partial charge >= 0.3 is 11.9 Å². The summed E-state index contributed by atoms with van der Waals surface area (Å²) in [6, 6.07) is 24.4. The number of carbonyl (C=O) groups excluding carboxylic acids is 3. The van der Waals surface area contributed by atoms with Gasteiger partial charge in [0, 0.05) is 11.3 Å². The summed E-state index contributed by atoms with van der Waals surface area (Å²) in [6.45, 7) is 24.7. The van der Waals surface area contributed by atoms with E-state index >= 15 is 0 Å². The van der Waals surface area contributed by atoms with E-state index in [1.807, 2.05) is 18.2 Å². The highest BCUT2D eigenvalue weighted by Crippen LogP contribution is 2.48. The fourth-order valence-electron chi connectivity index (χ4n) is 8.07. The number of esters is 2. The minimum Gasteiger partial charge on any atom is -0.458 e. The van der Waals surface area contributed by atoms with Crippen LogP contribution in [0.25, 0.3) is 5.57 Å². The minimum absolute atomic E-state index is 0.0333. The minimum atomic E-state index is -0.565. The van der Waals surface area contributed by atoms with Gasteiger partial charge in [-0.3, -0.25) is 4.79 Å². The Hall–Kier alpha value is -4.97. The van der Waals surface area contributed by atoms with Crippen molar-refractivity contribution >= 4 is 29.1 Å². The maximum absolute atomic E-state index is 13.1. The number of aryl methyl sites for hydroxylation is 1. The number of rotatable bonds is 9. The van der Waals surface area contributed by atoms with Crippen molar-refractivity contribution in [3.8, 4) is 0 Å². The average Bonchev–Trinajstić information content (AvgIpc) is 3.13. The van der Waals surface area contributed by atoms with Gasteiger partial charge in [0.1, 0.15) is 13.2 Å². The number of hydrogen-bond donors (Lipinski definition) is 1. The van der Waals surface area contributed by atoms with Crippen molar-refractivity contribution in [2.75, 3.05) is 18.5 Å². The zero-order chi connectivity index (χ0) is 39.2. The number of benzene rings is 4. The van der Waals surface area contributed by atoms with Crippen LogP contribution in [-0.4, -0.2) is 31.1 Å². The van der Waals surface area contributed by atoms with Crippen molar-refractivity contribution < 1.29 is 23.9 Å². The Bertz CT molecular complexity index is 2120. The molecule has 6 rings (SSSR count). The molecule has 0 spiro atoms. The molecule has 0 radical (unpaired) electrons. The highest BCUT2D eigenvalue weighted by Gasteiger charge is 2.38. The molecule has 2 aliphatic carbocycles. The average molecular weight is 726 g/mol. The van der Waals surface area contributed by atoms with E-state index < -0.39 is 11.9 Å². The van der Waals surface area contributed by atoms with E-state index in [0.29, 0.717) is 16.7 Å². The molecule has 0 aliphatic heterocycles. The smallest absolute Gasteiger partial charge is 0.338 e. The normalized spacial score (nSPS) is 17.4. The summed E-state index contributed by atoms with van der Waals surface area (Å²) < 4.78 is 10.7. The molecule has 0 saturated carbocycles. The van der Waals surface area contributed by atoms with Gasteiger partial charge in [0.25, 0.3) is 5.91 Å². The molecule has 2 aliphatic rings. The zero-order valence-corrected chi connectivity index (χ0v) is 33.5. The fraction of sp³-hybridized carbons (Fsp3) is 0.396. The summed E-state index contributed by atoms with van der Waals surface area (Å²) >= 11 is 0. The summed E-state index contributed by atoms with van der Waals surface area (Å²) in [5.74, 6) is -1.32. The van der Waals surface area contributed by atoms with Gasteiger partial charge in [0.15, 0.2) is 0 Å². The zero-order valence-electron chi connectivity index (χ0n) is 33.5. The first-order chi connectivity index (χ1) is 25.3. The number of amides is 1. The van der Waals surface area contributed by atoms with E-state index in [1.54, 1.807) is 36.4 Å². The molecule has 0 aromatic heterocycles. The van der Waals surface area contributed by atoms with Gasteiger partial charge in [-0.2, -0.15) is 0 Å². The molecule has 0 bridgehead atoms. The molecule has 0 heterocycles. The van der Waals surface area contributed by atoms with Crippen molar-refractivity contribution in [2.24, 2.45) is 0 Å². The molecular weight excluding hydrogens is 671 g/mol. The van der Waals surface area contributed by atoms with Crippen LogP contribution in [0.5, 0.6) is 0 Å². The van der Waals surface area contributed by atoms with Crippen molar-refractivity contribution in [1.29, 1.82) is 0 Å². The van der Waals surface area contributed by atoms with Gasteiger partial charge in [0.05, 0.1) is 11.1 Å². The van der Waals surface area contributed by atoms with Crippen LogP contribution in [0.1, 0.15) is 151 Å². The van der Waals surface area contributed by atoms with Crippen molar-refractivity contribution in [3.05, 3.63) is 141 Å². The largest absolute Gasteiger partial charge is 0.458 e. The van der Waals surface area contributed by atoms with Crippen LogP contribution in [0.3, 0.4) is 0 Å². The predicted molar refractivity (Wildman–Crippen MR) is 218 cm³/mol. The number of hydrogen-bond acceptors (Lipinski definition) is 5. The third-order valence-electron chi connectivity index (χ3n) is 12.0. The van der Waals surface area contributed by atoms with E-state index in [4.69, 9.17) is 9.47 Å². The lowest BCUT2D eigenvalue weighted by molar-refractivity contribution is 0.0265. The molecule has 0 fully saturated rings. The lowest BCUT2D eigenvalue weighted by atomic mass is 9.62.